The van der Waals surface area contributed by atoms with Crippen LogP contribution < -0.4 is 0 Å². The number of aromatic nitrogens is 2. The van der Waals surface area contributed by atoms with Crippen LogP contribution in [-0.4, -0.2) is 95.3 Å². The number of carbonyl (C=O) groups excluding carboxylic acids is 2. The Kier molecular flexibility index (Phi) is 6.91. The van der Waals surface area contributed by atoms with Crippen molar-refractivity contribution in [1.82, 2.24) is 24.5 Å². The fraction of sp³-hybridized carbons (Fsp3) is 0.542. The zero-order chi connectivity index (χ0) is 22.7. The van der Waals surface area contributed by atoms with E-state index >= 15 is 0 Å². The first-order valence-corrected chi connectivity index (χ1v) is 11.5. The number of rotatable bonds is 5. The van der Waals surface area contributed by atoms with E-state index < -0.39 is 0 Å². The fourth-order valence-corrected chi connectivity index (χ4v) is 4.73. The third-order valence-corrected chi connectivity index (χ3v) is 6.58. The van der Waals surface area contributed by atoms with Gasteiger partial charge in [-0.2, -0.15) is 5.10 Å². The number of amides is 1. The number of carbonyl (C=O) groups is 2. The van der Waals surface area contributed by atoms with E-state index in [0.29, 0.717) is 29.5 Å². The molecule has 1 atom stereocenters. The van der Waals surface area contributed by atoms with E-state index in [0.717, 1.165) is 38.4 Å². The average Bonchev–Trinajstić information content (AvgIpc) is 3.20. The van der Waals surface area contributed by atoms with Gasteiger partial charge in [0.05, 0.1) is 24.2 Å². The highest BCUT2D eigenvalue weighted by atomic mass is 16.5. The summed E-state index contributed by atoms with van der Waals surface area (Å²) in [6.07, 6.45) is 4.03. The topological polar surface area (TPSA) is 70.9 Å². The number of piperazine rings is 1. The molecule has 1 unspecified atom stereocenters. The van der Waals surface area contributed by atoms with Gasteiger partial charge in [0.1, 0.15) is 5.56 Å². The van der Waals surface area contributed by atoms with E-state index in [1.165, 1.54) is 25.6 Å². The van der Waals surface area contributed by atoms with Gasteiger partial charge in [0.2, 0.25) is 0 Å². The molecule has 8 nitrogen and oxygen atoms in total. The van der Waals surface area contributed by atoms with Crippen molar-refractivity contribution in [1.29, 1.82) is 0 Å². The van der Waals surface area contributed by atoms with Crippen molar-refractivity contribution in [3.8, 4) is 5.69 Å². The minimum Gasteiger partial charge on any atom is -0.462 e. The Morgan fingerprint density at radius 2 is 1.81 bits per heavy atom. The lowest BCUT2D eigenvalue weighted by Gasteiger charge is -2.42. The summed E-state index contributed by atoms with van der Waals surface area (Å²) in [5.41, 5.74) is 2.65. The molecule has 172 valence electrons. The monoisotopic (exact) mass is 439 g/mol. The van der Waals surface area contributed by atoms with Gasteiger partial charge in [-0.3, -0.25) is 9.69 Å². The highest BCUT2D eigenvalue weighted by Gasteiger charge is 2.28. The highest BCUT2D eigenvalue weighted by molar-refractivity contribution is 5.94. The van der Waals surface area contributed by atoms with Crippen LogP contribution in [0.2, 0.25) is 0 Å². The molecule has 1 aromatic carbocycles. The second kappa shape index (κ2) is 9.83. The van der Waals surface area contributed by atoms with Crippen molar-refractivity contribution in [2.45, 2.75) is 32.7 Å². The van der Waals surface area contributed by atoms with Crippen LogP contribution in [0.15, 0.2) is 30.5 Å². The smallest absolute Gasteiger partial charge is 0.341 e. The third kappa shape index (κ3) is 4.71. The minimum atomic E-state index is -0.373. The first kappa shape index (κ1) is 22.5. The van der Waals surface area contributed by atoms with Crippen molar-refractivity contribution >= 4 is 11.9 Å². The molecule has 1 aromatic heterocycles. The molecule has 3 heterocycles. The molecule has 1 amide bonds. The van der Waals surface area contributed by atoms with Gasteiger partial charge >= 0.3 is 5.97 Å². The van der Waals surface area contributed by atoms with Crippen molar-refractivity contribution in [3.05, 3.63) is 47.3 Å². The Labute approximate surface area is 189 Å². The van der Waals surface area contributed by atoms with Gasteiger partial charge in [-0.25, -0.2) is 9.48 Å². The van der Waals surface area contributed by atoms with Gasteiger partial charge < -0.3 is 14.5 Å². The van der Waals surface area contributed by atoms with Gasteiger partial charge in [0.25, 0.3) is 5.91 Å². The molecule has 2 aliphatic rings. The van der Waals surface area contributed by atoms with E-state index in [2.05, 4.69) is 21.9 Å². The maximum atomic E-state index is 13.0. The maximum absolute atomic E-state index is 13.0. The van der Waals surface area contributed by atoms with Crippen LogP contribution in [0.5, 0.6) is 0 Å². The van der Waals surface area contributed by atoms with Crippen LogP contribution in [-0.2, 0) is 4.74 Å². The number of piperidine rings is 1. The van der Waals surface area contributed by atoms with Gasteiger partial charge in [0, 0.05) is 44.3 Å². The van der Waals surface area contributed by atoms with E-state index in [1.807, 2.05) is 36.1 Å². The fourth-order valence-electron chi connectivity index (χ4n) is 4.73. The van der Waals surface area contributed by atoms with Crippen molar-refractivity contribution < 1.29 is 14.3 Å². The summed E-state index contributed by atoms with van der Waals surface area (Å²) >= 11 is 0. The van der Waals surface area contributed by atoms with E-state index in [4.69, 9.17) is 4.74 Å². The molecule has 4 rings (SSSR count). The Morgan fingerprint density at radius 1 is 1.09 bits per heavy atom. The number of likely N-dealkylation sites (N-methyl/N-ethyl adjacent to an activating group) is 1. The van der Waals surface area contributed by atoms with Crippen molar-refractivity contribution in [2.24, 2.45) is 0 Å². The molecule has 2 saturated heterocycles. The molecule has 2 aliphatic heterocycles. The highest BCUT2D eigenvalue weighted by Crippen LogP contribution is 2.19. The van der Waals surface area contributed by atoms with E-state index in [9.17, 15) is 9.59 Å². The molecular weight excluding hydrogens is 406 g/mol. The van der Waals surface area contributed by atoms with Crippen LogP contribution in [0.4, 0.5) is 0 Å². The zero-order valence-electron chi connectivity index (χ0n) is 19.3. The second-order valence-corrected chi connectivity index (χ2v) is 8.71. The van der Waals surface area contributed by atoms with E-state index in [-0.39, 0.29) is 11.9 Å². The third-order valence-electron chi connectivity index (χ3n) is 6.58. The summed E-state index contributed by atoms with van der Waals surface area (Å²) in [7, 11) is 2.19. The zero-order valence-corrected chi connectivity index (χ0v) is 19.3. The Hall–Kier alpha value is -2.71. The molecule has 0 radical (unpaired) electrons. The summed E-state index contributed by atoms with van der Waals surface area (Å²) in [5, 5.41) is 4.32. The number of nitrogens with zero attached hydrogens (tertiary/aromatic N) is 5. The van der Waals surface area contributed by atoms with Crippen LogP contribution >= 0.6 is 0 Å². The molecule has 0 aliphatic carbocycles. The van der Waals surface area contributed by atoms with E-state index in [1.54, 1.807) is 11.6 Å². The lowest BCUT2D eigenvalue weighted by atomic mass is 10.0. The molecule has 8 heteroatoms. The van der Waals surface area contributed by atoms with Gasteiger partial charge in [-0.05, 0) is 64.5 Å². The maximum Gasteiger partial charge on any atom is 0.341 e. The summed E-state index contributed by atoms with van der Waals surface area (Å²) < 4.78 is 6.77. The Morgan fingerprint density at radius 3 is 2.47 bits per heavy atom. The van der Waals surface area contributed by atoms with Gasteiger partial charge in [-0.15, -0.1) is 0 Å². The predicted octanol–water partition coefficient (Wildman–Crippen LogP) is 2.21. The number of hydrogen-bond donors (Lipinski definition) is 0. The molecular formula is C24H33N5O3. The molecule has 0 bridgehead atoms. The number of hydrogen-bond acceptors (Lipinski definition) is 6. The van der Waals surface area contributed by atoms with Crippen LogP contribution in [0.25, 0.3) is 5.69 Å². The molecule has 0 saturated carbocycles. The SMILES string of the molecule is CCOC(=O)c1cnn(-c2ccc(C(=O)N3CCN(C4CCCN(C)C4)CC3)cc2)c1C. The van der Waals surface area contributed by atoms with Crippen LogP contribution in [0, 0.1) is 6.92 Å². The minimum absolute atomic E-state index is 0.0707. The molecule has 0 N–H and O–H groups in total. The number of esters is 1. The molecule has 32 heavy (non-hydrogen) atoms. The number of ether oxygens (including phenoxy) is 1. The lowest BCUT2D eigenvalue weighted by Crippen LogP contribution is -2.55. The van der Waals surface area contributed by atoms with Crippen molar-refractivity contribution in [3.63, 3.8) is 0 Å². The molecule has 2 fully saturated rings. The predicted molar refractivity (Wildman–Crippen MR) is 122 cm³/mol. The normalized spacial score (nSPS) is 20.3. The standard InChI is InChI=1S/C24H33N5O3/c1-4-32-24(31)22-16-25-29(18(22)2)20-9-7-19(8-10-20)23(30)28-14-12-27(13-15-28)21-6-5-11-26(3)17-21/h7-10,16,21H,4-6,11-15,17H2,1-3H3. The largest absolute Gasteiger partial charge is 0.462 e. The van der Waals surface area contributed by atoms with Crippen LogP contribution in [0.3, 0.4) is 0 Å². The number of benzene rings is 1. The molecule has 2 aromatic rings. The first-order chi connectivity index (χ1) is 15.5. The van der Waals surface area contributed by atoms with Gasteiger partial charge in [-0.1, -0.05) is 0 Å². The lowest BCUT2D eigenvalue weighted by molar-refractivity contribution is 0.0452. The van der Waals surface area contributed by atoms with Crippen LogP contribution in [0.1, 0.15) is 46.2 Å². The Balaban J connectivity index is 1.37. The molecule has 0 spiro atoms. The summed E-state index contributed by atoms with van der Waals surface area (Å²) in [6, 6.07) is 8.03. The number of likely N-dealkylation sites (tertiary alicyclic amines) is 1. The first-order valence-electron chi connectivity index (χ1n) is 11.5. The second-order valence-electron chi connectivity index (χ2n) is 8.71. The summed E-state index contributed by atoms with van der Waals surface area (Å²) in [4.78, 5) is 32.0. The summed E-state index contributed by atoms with van der Waals surface area (Å²) in [6.45, 7) is 9.66. The average molecular weight is 440 g/mol. The summed E-state index contributed by atoms with van der Waals surface area (Å²) in [5.74, 6) is -0.302. The quantitative estimate of drug-likeness (QED) is 0.666. The van der Waals surface area contributed by atoms with Crippen molar-refractivity contribution in [2.75, 3.05) is 52.9 Å². The Bertz CT molecular complexity index is 947. The van der Waals surface area contributed by atoms with Gasteiger partial charge in [0.15, 0.2) is 0 Å².